The molecule has 1 N–H and O–H groups in total. The minimum absolute atomic E-state index is 0.0497. The Balaban J connectivity index is 1.92. The molecular weight excluding hydrogens is 254 g/mol. The number of hydrogen-bond acceptors (Lipinski definition) is 3. The predicted molar refractivity (Wildman–Crippen MR) is 76.7 cm³/mol. The van der Waals surface area contributed by atoms with Crippen LogP contribution in [0.5, 0.6) is 5.75 Å². The van der Waals surface area contributed by atoms with Crippen LogP contribution in [0.1, 0.15) is 55.8 Å². The standard InChI is InChI=1S/C16H21NO3/c1-12(18)20-15-10-8-13(9-11-15)16(19)17-14-6-4-2-3-5-7-14/h8-11,14H,2-7H2,1H3,(H,17,19). The van der Waals surface area contributed by atoms with E-state index in [2.05, 4.69) is 5.32 Å². The van der Waals surface area contributed by atoms with Crippen LogP contribution in [-0.2, 0) is 4.79 Å². The van der Waals surface area contributed by atoms with E-state index < -0.39 is 0 Å². The van der Waals surface area contributed by atoms with E-state index in [0.717, 1.165) is 12.8 Å². The number of carbonyl (C=O) groups excluding carboxylic acids is 2. The SMILES string of the molecule is CC(=O)Oc1ccc(C(=O)NC2CCCCCC2)cc1. The van der Waals surface area contributed by atoms with Crippen molar-refractivity contribution in [2.24, 2.45) is 0 Å². The summed E-state index contributed by atoms with van der Waals surface area (Å²) in [5, 5.41) is 3.09. The first kappa shape index (κ1) is 14.6. The zero-order valence-corrected chi connectivity index (χ0v) is 11.9. The van der Waals surface area contributed by atoms with Gasteiger partial charge in [-0.1, -0.05) is 25.7 Å². The second-order valence-electron chi connectivity index (χ2n) is 5.28. The molecule has 1 aromatic carbocycles. The lowest BCUT2D eigenvalue weighted by atomic mass is 10.1. The Kier molecular flexibility index (Phi) is 5.16. The van der Waals surface area contributed by atoms with Crippen molar-refractivity contribution in [3.8, 4) is 5.75 Å². The van der Waals surface area contributed by atoms with Gasteiger partial charge in [0.2, 0.25) is 0 Å². The van der Waals surface area contributed by atoms with Gasteiger partial charge in [-0.2, -0.15) is 0 Å². The second-order valence-corrected chi connectivity index (χ2v) is 5.28. The summed E-state index contributed by atoms with van der Waals surface area (Å²) < 4.78 is 4.94. The number of esters is 1. The predicted octanol–water partition coefficient (Wildman–Crippen LogP) is 3.06. The fraction of sp³-hybridized carbons (Fsp3) is 0.500. The van der Waals surface area contributed by atoms with Crippen molar-refractivity contribution in [2.75, 3.05) is 0 Å². The molecule has 0 saturated heterocycles. The third-order valence-corrected chi connectivity index (χ3v) is 3.57. The Morgan fingerprint density at radius 2 is 1.65 bits per heavy atom. The van der Waals surface area contributed by atoms with Crippen LogP contribution >= 0.6 is 0 Å². The normalized spacial score (nSPS) is 16.2. The van der Waals surface area contributed by atoms with Crippen molar-refractivity contribution in [3.63, 3.8) is 0 Å². The summed E-state index contributed by atoms with van der Waals surface area (Å²) in [5.74, 6) is 0.0513. The monoisotopic (exact) mass is 275 g/mol. The van der Waals surface area contributed by atoms with Crippen LogP contribution in [0.2, 0.25) is 0 Å². The molecule has 1 aliphatic carbocycles. The summed E-state index contributed by atoms with van der Waals surface area (Å²) in [4.78, 5) is 23.0. The Bertz CT molecular complexity index is 459. The van der Waals surface area contributed by atoms with Crippen molar-refractivity contribution in [3.05, 3.63) is 29.8 Å². The Morgan fingerprint density at radius 1 is 1.05 bits per heavy atom. The van der Waals surface area contributed by atoms with Crippen LogP contribution in [-0.4, -0.2) is 17.9 Å². The van der Waals surface area contributed by atoms with E-state index in [1.165, 1.54) is 32.6 Å². The molecule has 0 unspecified atom stereocenters. The van der Waals surface area contributed by atoms with Crippen LogP contribution in [0.3, 0.4) is 0 Å². The van der Waals surface area contributed by atoms with Crippen molar-refractivity contribution in [1.29, 1.82) is 0 Å². The molecular formula is C16H21NO3. The van der Waals surface area contributed by atoms with E-state index in [4.69, 9.17) is 4.74 Å². The zero-order valence-electron chi connectivity index (χ0n) is 11.9. The van der Waals surface area contributed by atoms with Crippen LogP contribution < -0.4 is 10.1 Å². The highest BCUT2D eigenvalue weighted by molar-refractivity contribution is 5.94. The zero-order chi connectivity index (χ0) is 14.4. The van der Waals surface area contributed by atoms with E-state index in [-0.39, 0.29) is 17.9 Å². The molecule has 4 heteroatoms. The molecule has 4 nitrogen and oxygen atoms in total. The first-order chi connectivity index (χ1) is 9.65. The van der Waals surface area contributed by atoms with Crippen molar-refractivity contribution < 1.29 is 14.3 Å². The second kappa shape index (κ2) is 7.08. The molecule has 0 heterocycles. The van der Waals surface area contributed by atoms with Crippen LogP contribution in [0.25, 0.3) is 0 Å². The summed E-state index contributed by atoms with van der Waals surface area (Å²) >= 11 is 0. The summed E-state index contributed by atoms with van der Waals surface area (Å²) in [7, 11) is 0. The largest absolute Gasteiger partial charge is 0.427 e. The summed E-state index contributed by atoms with van der Waals surface area (Å²) in [6, 6.07) is 6.94. The lowest BCUT2D eigenvalue weighted by molar-refractivity contribution is -0.131. The molecule has 1 saturated carbocycles. The number of amides is 1. The summed E-state index contributed by atoms with van der Waals surface area (Å²) in [5.41, 5.74) is 0.602. The van der Waals surface area contributed by atoms with E-state index in [9.17, 15) is 9.59 Å². The van der Waals surface area contributed by atoms with Gasteiger partial charge in [-0.15, -0.1) is 0 Å². The molecule has 1 amide bonds. The smallest absolute Gasteiger partial charge is 0.308 e. The molecule has 0 bridgehead atoms. The van der Waals surface area contributed by atoms with Crippen LogP contribution in [0.15, 0.2) is 24.3 Å². The first-order valence-electron chi connectivity index (χ1n) is 7.24. The molecule has 0 radical (unpaired) electrons. The van der Waals surface area contributed by atoms with Gasteiger partial charge in [0.05, 0.1) is 0 Å². The number of carbonyl (C=O) groups is 2. The highest BCUT2D eigenvalue weighted by Crippen LogP contribution is 2.18. The number of hydrogen-bond donors (Lipinski definition) is 1. The number of nitrogens with one attached hydrogen (secondary N) is 1. The van der Waals surface area contributed by atoms with Gasteiger partial charge in [-0.25, -0.2) is 0 Å². The summed E-state index contributed by atoms with van der Waals surface area (Å²) in [6.07, 6.45) is 7.05. The molecule has 0 spiro atoms. The lowest BCUT2D eigenvalue weighted by Gasteiger charge is -2.16. The topological polar surface area (TPSA) is 55.4 Å². The first-order valence-corrected chi connectivity index (χ1v) is 7.24. The molecule has 2 rings (SSSR count). The van der Waals surface area contributed by atoms with Gasteiger partial charge < -0.3 is 10.1 Å². The van der Waals surface area contributed by atoms with E-state index in [1.54, 1.807) is 24.3 Å². The van der Waals surface area contributed by atoms with Crippen LogP contribution in [0.4, 0.5) is 0 Å². The average molecular weight is 275 g/mol. The fourth-order valence-electron chi connectivity index (χ4n) is 2.53. The minimum Gasteiger partial charge on any atom is -0.427 e. The van der Waals surface area contributed by atoms with Crippen molar-refractivity contribution >= 4 is 11.9 Å². The number of rotatable bonds is 3. The van der Waals surface area contributed by atoms with Gasteiger partial charge in [-0.3, -0.25) is 9.59 Å². The number of ether oxygens (including phenoxy) is 1. The van der Waals surface area contributed by atoms with Crippen LogP contribution in [0, 0.1) is 0 Å². The van der Waals surface area contributed by atoms with E-state index in [0.29, 0.717) is 11.3 Å². The Hall–Kier alpha value is -1.84. The van der Waals surface area contributed by atoms with Gasteiger partial charge in [0.1, 0.15) is 5.75 Å². The highest BCUT2D eigenvalue weighted by atomic mass is 16.5. The van der Waals surface area contributed by atoms with Gasteiger partial charge in [0.15, 0.2) is 0 Å². The molecule has 0 aromatic heterocycles. The van der Waals surface area contributed by atoms with Crippen molar-refractivity contribution in [2.45, 2.75) is 51.5 Å². The maximum absolute atomic E-state index is 12.1. The Labute approximate surface area is 119 Å². The number of benzene rings is 1. The minimum atomic E-state index is -0.361. The van der Waals surface area contributed by atoms with Gasteiger partial charge >= 0.3 is 5.97 Å². The molecule has 20 heavy (non-hydrogen) atoms. The van der Waals surface area contributed by atoms with Gasteiger partial charge in [0, 0.05) is 18.5 Å². The molecule has 1 fully saturated rings. The maximum Gasteiger partial charge on any atom is 0.308 e. The lowest BCUT2D eigenvalue weighted by Crippen LogP contribution is -2.34. The molecule has 1 aliphatic rings. The van der Waals surface area contributed by atoms with Crippen molar-refractivity contribution in [1.82, 2.24) is 5.32 Å². The molecule has 1 aromatic rings. The highest BCUT2D eigenvalue weighted by Gasteiger charge is 2.15. The van der Waals surface area contributed by atoms with Gasteiger partial charge in [0.25, 0.3) is 5.91 Å². The average Bonchev–Trinajstić information content (AvgIpc) is 2.67. The molecule has 0 aliphatic heterocycles. The molecule has 108 valence electrons. The third kappa shape index (κ3) is 4.37. The van der Waals surface area contributed by atoms with Gasteiger partial charge in [-0.05, 0) is 37.1 Å². The van der Waals surface area contributed by atoms with E-state index >= 15 is 0 Å². The third-order valence-electron chi connectivity index (χ3n) is 3.57. The summed E-state index contributed by atoms with van der Waals surface area (Å²) in [6.45, 7) is 1.35. The van der Waals surface area contributed by atoms with E-state index in [1.807, 2.05) is 0 Å². The quantitative estimate of drug-likeness (QED) is 0.524. The maximum atomic E-state index is 12.1. The fourth-order valence-corrected chi connectivity index (χ4v) is 2.53. The Morgan fingerprint density at radius 3 is 2.20 bits per heavy atom. The molecule has 0 atom stereocenters.